The molecule has 0 bridgehead atoms. The topological polar surface area (TPSA) is 64.8 Å². The molecule has 0 atom stereocenters. The molecule has 0 unspecified atom stereocenters. The van der Waals surface area contributed by atoms with Crippen LogP contribution < -0.4 is 15.2 Å². The van der Waals surface area contributed by atoms with Crippen LogP contribution in [0.3, 0.4) is 0 Å². The van der Waals surface area contributed by atoms with Crippen LogP contribution in [-0.2, 0) is 0 Å². The summed E-state index contributed by atoms with van der Waals surface area (Å²) in [5, 5.41) is 0. The third-order valence-electron chi connectivity index (χ3n) is 3.14. The Kier molecular flexibility index (Phi) is 7.02. The fraction of sp³-hybridized carbons (Fsp3) is 0.562. The van der Waals surface area contributed by atoms with Crippen LogP contribution in [0.25, 0.3) is 0 Å². The molecule has 1 rings (SSSR count). The first-order chi connectivity index (χ1) is 10.0. The summed E-state index contributed by atoms with van der Waals surface area (Å²) < 4.78 is 10.5. The van der Waals surface area contributed by atoms with Crippen LogP contribution in [0.4, 0.5) is 0 Å². The number of carbonyl (C=O) groups is 1. The van der Waals surface area contributed by atoms with Gasteiger partial charge >= 0.3 is 0 Å². The second kappa shape index (κ2) is 8.52. The fourth-order valence-electron chi connectivity index (χ4n) is 2.15. The van der Waals surface area contributed by atoms with Crippen molar-refractivity contribution < 1.29 is 14.3 Å². The number of hydrogen-bond acceptors (Lipinski definition) is 4. The number of hydrogen-bond donors (Lipinski definition) is 1. The fourth-order valence-corrected chi connectivity index (χ4v) is 2.15. The van der Waals surface area contributed by atoms with Gasteiger partial charge < -0.3 is 20.1 Å². The second-order valence-electron chi connectivity index (χ2n) is 5.35. The molecule has 0 saturated heterocycles. The molecule has 21 heavy (non-hydrogen) atoms. The van der Waals surface area contributed by atoms with Gasteiger partial charge in [-0.15, -0.1) is 0 Å². The van der Waals surface area contributed by atoms with Crippen LogP contribution in [0.1, 0.15) is 30.6 Å². The van der Waals surface area contributed by atoms with E-state index in [-0.39, 0.29) is 5.91 Å². The van der Waals surface area contributed by atoms with Gasteiger partial charge in [-0.3, -0.25) is 4.79 Å². The van der Waals surface area contributed by atoms with E-state index >= 15 is 0 Å². The Morgan fingerprint density at radius 1 is 1.29 bits per heavy atom. The molecule has 1 amide bonds. The molecular weight excluding hydrogens is 268 g/mol. The highest BCUT2D eigenvalue weighted by molar-refractivity contribution is 5.97. The van der Waals surface area contributed by atoms with Gasteiger partial charge in [0, 0.05) is 13.1 Å². The van der Waals surface area contributed by atoms with E-state index in [4.69, 9.17) is 15.2 Å². The average molecular weight is 294 g/mol. The highest BCUT2D eigenvalue weighted by atomic mass is 16.5. The van der Waals surface area contributed by atoms with Gasteiger partial charge in [-0.05, 0) is 37.1 Å². The Morgan fingerprint density at radius 3 is 2.52 bits per heavy atom. The summed E-state index contributed by atoms with van der Waals surface area (Å²) in [5.74, 6) is 1.54. The molecule has 5 heteroatoms. The molecule has 118 valence electrons. The van der Waals surface area contributed by atoms with Crippen molar-refractivity contribution in [3.8, 4) is 11.5 Å². The van der Waals surface area contributed by atoms with E-state index in [2.05, 4.69) is 13.8 Å². The van der Waals surface area contributed by atoms with Gasteiger partial charge in [-0.1, -0.05) is 13.8 Å². The first-order valence-electron chi connectivity index (χ1n) is 7.24. The van der Waals surface area contributed by atoms with Gasteiger partial charge in [-0.25, -0.2) is 0 Å². The molecule has 0 saturated carbocycles. The maximum Gasteiger partial charge on any atom is 0.257 e. The normalized spacial score (nSPS) is 10.6. The van der Waals surface area contributed by atoms with Gasteiger partial charge in [0.15, 0.2) is 0 Å². The number of rotatable bonds is 8. The Hall–Kier alpha value is -1.75. The minimum absolute atomic E-state index is 0.0482. The van der Waals surface area contributed by atoms with Crippen LogP contribution in [0, 0.1) is 5.92 Å². The number of methoxy groups -OCH3 is 2. The number of nitrogens with zero attached hydrogens (tertiary/aromatic N) is 1. The summed E-state index contributed by atoms with van der Waals surface area (Å²) in [5.41, 5.74) is 6.09. The number of benzene rings is 1. The van der Waals surface area contributed by atoms with Gasteiger partial charge in [-0.2, -0.15) is 0 Å². The van der Waals surface area contributed by atoms with Crippen molar-refractivity contribution in [3.63, 3.8) is 0 Å². The molecule has 0 heterocycles. The lowest BCUT2D eigenvalue weighted by molar-refractivity contribution is 0.0731. The van der Waals surface area contributed by atoms with Crippen molar-refractivity contribution in [3.05, 3.63) is 23.8 Å². The molecule has 0 radical (unpaired) electrons. The Labute approximate surface area is 127 Å². The zero-order valence-electron chi connectivity index (χ0n) is 13.4. The van der Waals surface area contributed by atoms with E-state index in [1.165, 1.54) is 0 Å². The summed E-state index contributed by atoms with van der Waals surface area (Å²) in [6, 6.07) is 5.25. The van der Waals surface area contributed by atoms with Crippen molar-refractivity contribution in [2.24, 2.45) is 11.7 Å². The standard InChI is InChI=1S/C16H26N2O3/c1-12(2)11-18(9-5-8-17)16(19)14-10-13(20-3)6-7-15(14)21-4/h6-7,10,12H,5,8-9,11,17H2,1-4H3. The molecule has 1 aromatic rings. The summed E-state index contributed by atoms with van der Waals surface area (Å²) in [6.07, 6.45) is 0.782. The minimum atomic E-state index is -0.0482. The molecule has 0 fully saturated rings. The number of nitrogens with two attached hydrogens (primary N) is 1. The third-order valence-corrected chi connectivity index (χ3v) is 3.14. The lowest BCUT2D eigenvalue weighted by Crippen LogP contribution is -2.36. The zero-order chi connectivity index (χ0) is 15.8. The molecule has 5 nitrogen and oxygen atoms in total. The van der Waals surface area contributed by atoms with Crippen molar-refractivity contribution in [1.29, 1.82) is 0 Å². The second-order valence-corrected chi connectivity index (χ2v) is 5.35. The summed E-state index contributed by atoms with van der Waals surface area (Å²) in [4.78, 5) is 14.6. The van der Waals surface area contributed by atoms with Gasteiger partial charge in [0.05, 0.1) is 19.8 Å². The van der Waals surface area contributed by atoms with E-state index in [0.717, 1.165) is 6.42 Å². The summed E-state index contributed by atoms with van der Waals surface area (Å²) in [7, 11) is 3.14. The van der Waals surface area contributed by atoms with E-state index in [1.807, 2.05) is 4.90 Å². The number of ether oxygens (including phenoxy) is 2. The van der Waals surface area contributed by atoms with Gasteiger partial charge in [0.2, 0.25) is 0 Å². The Balaban J connectivity index is 3.05. The van der Waals surface area contributed by atoms with Crippen LogP contribution in [0.5, 0.6) is 11.5 Å². The highest BCUT2D eigenvalue weighted by Gasteiger charge is 2.20. The third kappa shape index (κ3) is 4.93. The van der Waals surface area contributed by atoms with E-state index in [9.17, 15) is 4.79 Å². The van der Waals surface area contributed by atoms with Crippen molar-refractivity contribution >= 4 is 5.91 Å². The largest absolute Gasteiger partial charge is 0.497 e. The molecule has 2 N–H and O–H groups in total. The van der Waals surface area contributed by atoms with Gasteiger partial charge in [0.25, 0.3) is 5.91 Å². The van der Waals surface area contributed by atoms with E-state index in [1.54, 1.807) is 32.4 Å². The monoisotopic (exact) mass is 294 g/mol. The maximum atomic E-state index is 12.8. The minimum Gasteiger partial charge on any atom is -0.497 e. The Morgan fingerprint density at radius 2 is 2.00 bits per heavy atom. The average Bonchev–Trinajstić information content (AvgIpc) is 2.49. The van der Waals surface area contributed by atoms with Crippen LogP contribution in [0.2, 0.25) is 0 Å². The lowest BCUT2D eigenvalue weighted by atomic mass is 10.1. The lowest BCUT2D eigenvalue weighted by Gasteiger charge is -2.25. The molecule has 0 aromatic heterocycles. The maximum absolute atomic E-state index is 12.8. The van der Waals surface area contributed by atoms with Crippen molar-refractivity contribution in [2.75, 3.05) is 33.9 Å². The zero-order valence-corrected chi connectivity index (χ0v) is 13.4. The first-order valence-corrected chi connectivity index (χ1v) is 7.24. The molecule has 1 aromatic carbocycles. The predicted octanol–water partition coefficient (Wildman–Crippen LogP) is 2.15. The SMILES string of the molecule is COc1ccc(OC)c(C(=O)N(CCCN)CC(C)C)c1. The molecule has 0 aliphatic rings. The van der Waals surface area contributed by atoms with Crippen LogP contribution in [-0.4, -0.2) is 44.7 Å². The molecule has 0 aliphatic carbocycles. The van der Waals surface area contributed by atoms with Crippen molar-refractivity contribution in [1.82, 2.24) is 4.90 Å². The summed E-state index contributed by atoms with van der Waals surface area (Å²) in [6.45, 7) is 6.08. The molecule has 0 aliphatic heterocycles. The highest BCUT2D eigenvalue weighted by Crippen LogP contribution is 2.25. The van der Waals surface area contributed by atoms with E-state index < -0.39 is 0 Å². The molecule has 0 spiro atoms. The quantitative estimate of drug-likeness (QED) is 0.798. The number of carbonyl (C=O) groups excluding carboxylic acids is 1. The van der Waals surface area contributed by atoms with Gasteiger partial charge in [0.1, 0.15) is 11.5 Å². The van der Waals surface area contributed by atoms with Crippen LogP contribution >= 0.6 is 0 Å². The number of amides is 1. The van der Waals surface area contributed by atoms with E-state index in [0.29, 0.717) is 42.6 Å². The Bertz CT molecular complexity index is 461. The predicted molar refractivity (Wildman–Crippen MR) is 84.0 cm³/mol. The molecular formula is C16H26N2O3. The summed E-state index contributed by atoms with van der Waals surface area (Å²) >= 11 is 0. The smallest absolute Gasteiger partial charge is 0.257 e. The first kappa shape index (κ1) is 17.3. The van der Waals surface area contributed by atoms with Crippen LogP contribution in [0.15, 0.2) is 18.2 Å². The van der Waals surface area contributed by atoms with Crippen molar-refractivity contribution in [2.45, 2.75) is 20.3 Å².